The van der Waals surface area contributed by atoms with Crippen molar-refractivity contribution in [3.8, 4) is 0 Å². The summed E-state index contributed by atoms with van der Waals surface area (Å²) in [4.78, 5) is 0. The Hall–Kier alpha value is -1.88. The molecule has 0 amide bonds. The molecule has 4 atom stereocenters. The van der Waals surface area contributed by atoms with E-state index >= 15 is 0 Å². The Bertz CT molecular complexity index is 847. The summed E-state index contributed by atoms with van der Waals surface area (Å²) in [5.41, 5.74) is 0.367. The van der Waals surface area contributed by atoms with Crippen LogP contribution in [0.5, 0.6) is 0 Å². The van der Waals surface area contributed by atoms with Gasteiger partial charge in [0.15, 0.2) is 5.79 Å². The van der Waals surface area contributed by atoms with Gasteiger partial charge in [-0.25, -0.2) is 0 Å². The second-order valence-electron chi connectivity index (χ2n) is 9.09. The van der Waals surface area contributed by atoms with Crippen LogP contribution in [0.2, 0.25) is 0 Å². The minimum atomic E-state index is -1.66. The molecule has 0 saturated carbocycles. The van der Waals surface area contributed by atoms with Gasteiger partial charge in [-0.1, -0.05) is 67.6 Å². The third-order valence-electron chi connectivity index (χ3n) is 6.03. The van der Waals surface area contributed by atoms with Crippen LogP contribution in [0.3, 0.4) is 0 Å². The molecule has 3 rings (SSSR count). The summed E-state index contributed by atoms with van der Waals surface area (Å²) >= 11 is 0. The average Bonchev–Trinajstić information content (AvgIpc) is 3.24. The molecule has 1 saturated heterocycles. The fraction of sp³-hybridized carbons (Fsp3) is 0.556. The summed E-state index contributed by atoms with van der Waals surface area (Å²) in [5.74, 6) is -0.836. The topological polar surface area (TPSA) is 95.8 Å². The van der Waals surface area contributed by atoms with Crippen LogP contribution < -0.4 is 0 Å². The first-order valence-corrected chi connectivity index (χ1v) is 12.0. The molecule has 0 unspecified atom stereocenters. The molecule has 0 aliphatic carbocycles. The van der Waals surface area contributed by atoms with Gasteiger partial charge in [0.25, 0.3) is 0 Å². The number of rotatable bonds is 15. The Morgan fingerprint density at radius 3 is 2.03 bits per heavy atom. The summed E-state index contributed by atoms with van der Waals surface area (Å²) in [6, 6.07) is 19.5. The van der Waals surface area contributed by atoms with E-state index in [0.29, 0.717) is 13.2 Å². The Kier molecular flexibility index (Phi) is 10.6. The minimum absolute atomic E-state index is 0.00554. The Morgan fingerprint density at radius 2 is 1.51 bits per heavy atom. The van der Waals surface area contributed by atoms with E-state index in [1.165, 1.54) is 0 Å². The van der Waals surface area contributed by atoms with E-state index in [1.807, 2.05) is 60.7 Å². The Labute approximate surface area is 207 Å². The minimum Gasteiger partial charge on any atom is -0.387 e. The van der Waals surface area contributed by atoms with Crippen LogP contribution in [0.15, 0.2) is 60.7 Å². The second-order valence-corrected chi connectivity index (χ2v) is 9.09. The molecule has 1 aliphatic heterocycles. The van der Waals surface area contributed by atoms with Crippen LogP contribution >= 0.6 is 0 Å². The van der Waals surface area contributed by atoms with Crippen molar-refractivity contribution < 1.29 is 38.6 Å². The standard InChI is InChI=1S/C27H38O8/c1-4-27(29,25(28)23-17-34-26(2,3)35-23)24(33-20-31-16-22-13-9-6-10-14-22)18-32-19-30-15-21-11-7-5-8-12-21/h5-14,23-25,28-29H,4,15-20H2,1-3H3/t23-,24-,25-,27-/m1/s1. The highest BCUT2D eigenvalue weighted by Crippen LogP contribution is 2.32. The molecule has 0 spiro atoms. The van der Waals surface area contributed by atoms with Crippen molar-refractivity contribution in [3.63, 3.8) is 0 Å². The van der Waals surface area contributed by atoms with Gasteiger partial charge in [-0.05, 0) is 31.4 Å². The number of aliphatic hydroxyl groups excluding tert-OH is 1. The smallest absolute Gasteiger partial charge is 0.163 e. The van der Waals surface area contributed by atoms with Crippen LogP contribution in [0.4, 0.5) is 0 Å². The molecular formula is C27H38O8. The van der Waals surface area contributed by atoms with Gasteiger partial charge in [0, 0.05) is 0 Å². The van der Waals surface area contributed by atoms with Gasteiger partial charge in [0.05, 0.1) is 26.4 Å². The predicted octanol–water partition coefficient (Wildman–Crippen LogP) is 3.39. The van der Waals surface area contributed by atoms with Gasteiger partial charge >= 0.3 is 0 Å². The van der Waals surface area contributed by atoms with E-state index in [1.54, 1.807) is 20.8 Å². The summed E-state index contributed by atoms with van der Waals surface area (Å²) in [5, 5.41) is 22.6. The third kappa shape index (κ3) is 8.34. The van der Waals surface area contributed by atoms with E-state index < -0.39 is 29.7 Å². The summed E-state index contributed by atoms with van der Waals surface area (Å²) < 4.78 is 34.2. The zero-order valence-electron chi connectivity index (χ0n) is 20.8. The van der Waals surface area contributed by atoms with Gasteiger partial charge < -0.3 is 38.6 Å². The second kappa shape index (κ2) is 13.4. The SMILES string of the molecule is CC[C@](O)([C@H](O)[C@H]1COC(C)(C)O1)[C@@H](COCOCc1ccccc1)OCOCc1ccccc1. The maximum absolute atomic E-state index is 11.5. The van der Waals surface area contributed by atoms with Crippen molar-refractivity contribution in [2.24, 2.45) is 0 Å². The van der Waals surface area contributed by atoms with Gasteiger partial charge in [-0.15, -0.1) is 0 Å². The number of benzene rings is 2. The molecule has 0 radical (unpaired) electrons. The van der Waals surface area contributed by atoms with Crippen LogP contribution in [0.25, 0.3) is 0 Å². The van der Waals surface area contributed by atoms with E-state index in [9.17, 15) is 10.2 Å². The average molecular weight is 491 g/mol. The maximum atomic E-state index is 11.5. The van der Waals surface area contributed by atoms with E-state index in [-0.39, 0.29) is 33.2 Å². The fourth-order valence-corrected chi connectivity index (χ4v) is 3.97. The highest BCUT2D eigenvalue weighted by molar-refractivity contribution is 5.14. The number of ether oxygens (including phenoxy) is 6. The van der Waals surface area contributed by atoms with Crippen molar-refractivity contribution >= 4 is 0 Å². The molecule has 8 heteroatoms. The van der Waals surface area contributed by atoms with Gasteiger partial charge in [-0.3, -0.25) is 0 Å². The molecule has 194 valence electrons. The summed E-state index contributed by atoms with van der Waals surface area (Å²) in [6.45, 7) is 6.13. The van der Waals surface area contributed by atoms with Crippen molar-refractivity contribution in [2.45, 2.75) is 70.1 Å². The number of hydrogen-bond acceptors (Lipinski definition) is 8. The lowest BCUT2D eigenvalue weighted by Crippen LogP contribution is -2.59. The van der Waals surface area contributed by atoms with E-state index in [2.05, 4.69) is 0 Å². The number of aliphatic hydroxyl groups is 2. The van der Waals surface area contributed by atoms with Crippen molar-refractivity contribution in [1.82, 2.24) is 0 Å². The first-order chi connectivity index (χ1) is 16.8. The van der Waals surface area contributed by atoms with Crippen molar-refractivity contribution in [3.05, 3.63) is 71.8 Å². The van der Waals surface area contributed by atoms with Crippen LogP contribution in [-0.4, -0.2) is 66.7 Å². The largest absolute Gasteiger partial charge is 0.387 e. The van der Waals surface area contributed by atoms with Crippen LogP contribution in [0.1, 0.15) is 38.3 Å². The molecule has 2 aromatic carbocycles. The van der Waals surface area contributed by atoms with Crippen molar-refractivity contribution in [1.29, 1.82) is 0 Å². The lowest BCUT2D eigenvalue weighted by atomic mass is 9.84. The highest BCUT2D eigenvalue weighted by Gasteiger charge is 2.50. The van der Waals surface area contributed by atoms with Gasteiger partial charge in [0.2, 0.25) is 0 Å². The highest BCUT2D eigenvalue weighted by atomic mass is 16.7. The molecule has 8 nitrogen and oxygen atoms in total. The third-order valence-corrected chi connectivity index (χ3v) is 6.03. The Balaban J connectivity index is 1.57. The molecular weight excluding hydrogens is 452 g/mol. The zero-order chi connectivity index (χ0) is 25.2. The fourth-order valence-electron chi connectivity index (χ4n) is 3.97. The molecule has 0 bridgehead atoms. The number of hydrogen-bond donors (Lipinski definition) is 2. The molecule has 1 heterocycles. The molecule has 1 fully saturated rings. The van der Waals surface area contributed by atoms with Gasteiger partial charge in [-0.2, -0.15) is 0 Å². The van der Waals surface area contributed by atoms with Crippen LogP contribution in [-0.2, 0) is 41.6 Å². The summed E-state index contributed by atoms with van der Waals surface area (Å²) in [6.07, 6.45) is -2.67. The van der Waals surface area contributed by atoms with Crippen LogP contribution in [0, 0.1) is 0 Å². The normalized spacial score (nSPS) is 20.9. The monoisotopic (exact) mass is 490 g/mol. The molecule has 2 N–H and O–H groups in total. The predicted molar refractivity (Wildman–Crippen MR) is 129 cm³/mol. The van der Waals surface area contributed by atoms with E-state index in [0.717, 1.165) is 11.1 Å². The summed E-state index contributed by atoms with van der Waals surface area (Å²) in [7, 11) is 0. The first kappa shape index (κ1) is 27.7. The Morgan fingerprint density at radius 1 is 0.943 bits per heavy atom. The van der Waals surface area contributed by atoms with E-state index in [4.69, 9.17) is 28.4 Å². The molecule has 35 heavy (non-hydrogen) atoms. The first-order valence-electron chi connectivity index (χ1n) is 12.0. The molecule has 1 aliphatic rings. The lowest BCUT2D eigenvalue weighted by Gasteiger charge is -2.40. The molecule has 0 aromatic heterocycles. The molecule has 2 aromatic rings. The van der Waals surface area contributed by atoms with Crippen molar-refractivity contribution in [2.75, 3.05) is 26.8 Å². The zero-order valence-corrected chi connectivity index (χ0v) is 20.8. The maximum Gasteiger partial charge on any atom is 0.163 e. The van der Waals surface area contributed by atoms with Gasteiger partial charge in [0.1, 0.15) is 37.5 Å². The lowest BCUT2D eigenvalue weighted by molar-refractivity contribution is -0.242. The quantitative estimate of drug-likeness (QED) is 0.290.